The van der Waals surface area contributed by atoms with Gasteiger partial charge in [0.25, 0.3) is 5.56 Å². The molecule has 0 bridgehead atoms. The summed E-state index contributed by atoms with van der Waals surface area (Å²) < 4.78 is 1.99. The SMILES string of the molecule is O=c1c(=Cc2cccs2)sc2nc(-c3ccc(Cl)cc3)nn12. The van der Waals surface area contributed by atoms with Crippen molar-refractivity contribution in [3.8, 4) is 11.4 Å². The maximum atomic E-state index is 12.4. The predicted molar refractivity (Wildman–Crippen MR) is 90.7 cm³/mol. The van der Waals surface area contributed by atoms with Crippen molar-refractivity contribution in [1.82, 2.24) is 14.6 Å². The van der Waals surface area contributed by atoms with Crippen LogP contribution in [0.15, 0.2) is 46.6 Å². The topological polar surface area (TPSA) is 47.3 Å². The van der Waals surface area contributed by atoms with Gasteiger partial charge < -0.3 is 0 Å². The van der Waals surface area contributed by atoms with Crippen molar-refractivity contribution >= 4 is 45.3 Å². The van der Waals surface area contributed by atoms with Crippen molar-refractivity contribution in [2.45, 2.75) is 0 Å². The first-order valence-corrected chi connectivity index (χ1v) is 8.49. The monoisotopic (exact) mass is 345 g/mol. The van der Waals surface area contributed by atoms with Gasteiger partial charge in [-0.05, 0) is 41.8 Å². The van der Waals surface area contributed by atoms with Gasteiger partial charge in [-0.1, -0.05) is 29.0 Å². The molecule has 4 rings (SSSR count). The van der Waals surface area contributed by atoms with Crippen molar-refractivity contribution in [2.24, 2.45) is 0 Å². The van der Waals surface area contributed by atoms with Gasteiger partial charge >= 0.3 is 0 Å². The third-order valence-corrected chi connectivity index (χ3v) is 5.13. The summed E-state index contributed by atoms with van der Waals surface area (Å²) >= 11 is 8.81. The summed E-state index contributed by atoms with van der Waals surface area (Å²) in [5.41, 5.74) is 0.699. The summed E-state index contributed by atoms with van der Waals surface area (Å²) in [7, 11) is 0. The third kappa shape index (κ3) is 2.35. The number of rotatable bonds is 2. The predicted octanol–water partition coefficient (Wildman–Crippen LogP) is 3.08. The van der Waals surface area contributed by atoms with E-state index >= 15 is 0 Å². The lowest BCUT2D eigenvalue weighted by molar-refractivity contribution is 0.937. The average molecular weight is 346 g/mol. The van der Waals surface area contributed by atoms with Crippen LogP contribution in [0.4, 0.5) is 0 Å². The lowest BCUT2D eigenvalue weighted by Gasteiger charge is -1.93. The zero-order valence-corrected chi connectivity index (χ0v) is 13.5. The van der Waals surface area contributed by atoms with Crippen molar-refractivity contribution in [3.05, 3.63) is 66.6 Å². The molecule has 0 saturated carbocycles. The van der Waals surface area contributed by atoms with Gasteiger partial charge in [-0.15, -0.1) is 16.4 Å². The largest absolute Gasteiger partial charge is 0.291 e. The van der Waals surface area contributed by atoms with Crippen molar-refractivity contribution in [2.75, 3.05) is 0 Å². The van der Waals surface area contributed by atoms with E-state index in [9.17, 15) is 4.79 Å². The van der Waals surface area contributed by atoms with Crippen LogP contribution in [0.1, 0.15) is 4.88 Å². The van der Waals surface area contributed by atoms with E-state index in [1.165, 1.54) is 15.9 Å². The third-order valence-electron chi connectivity index (χ3n) is 3.10. The van der Waals surface area contributed by atoms with Crippen LogP contribution in [0, 0.1) is 0 Å². The molecule has 0 amide bonds. The summed E-state index contributed by atoms with van der Waals surface area (Å²) in [4.78, 5) is 18.4. The maximum Gasteiger partial charge on any atom is 0.291 e. The van der Waals surface area contributed by atoms with Crippen LogP contribution >= 0.6 is 34.3 Å². The Kier molecular flexibility index (Phi) is 3.29. The van der Waals surface area contributed by atoms with Crippen LogP contribution in [0.5, 0.6) is 0 Å². The number of hydrogen-bond acceptors (Lipinski definition) is 5. The molecule has 0 radical (unpaired) electrons. The summed E-state index contributed by atoms with van der Waals surface area (Å²) in [6.45, 7) is 0. The zero-order chi connectivity index (χ0) is 15.1. The van der Waals surface area contributed by atoms with Crippen LogP contribution in [0.2, 0.25) is 5.02 Å². The molecule has 3 heterocycles. The fraction of sp³-hybridized carbons (Fsp3) is 0. The van der Waals surface area contributed by atoms with E-state index in [0.29, 0.717) is 20.3 Å². The van der Waals surface area contributed by atoms with Crippen molar-refractivity contribution in [3.63, 3.8) is 0 Å². The van der Waals surface area contributed by atoms with Gasteiger partial charge in [0.05, 0.1) is 4.53 Å². The van der Waals surface area contributed by atoms with Gasteiger partial charge in [-0.2, -0.15) is 9.50 Å². The van der Waals surface area contributed by atoms with E-state index in [1.54, 1.807) is 23.5 Å². The Morgan fingerprint density at radius 3 is 2.68 bits per heavy atom. The Morgan fingerprint density at radius 2 is 2.00 bits per heavy atom. The Balaban J connectivity index is 1.84. The van der Waals surface area contributed by atoms with Gasteiger partial charge in [0, 0.05) is 15.5 Å². The van der Waals surface area contributed by atoms with Crippen LogP contribution in [0.3, 0.4) is 0 Å². The van der Waals surface area contributed by atoms with Gasteiger partial charge in [-0.25, -0.2) is 0 Å². The molecule has 7 heteroatoms. The quantitative estimate of drug-likeness (QED) is 0.561. The van der Waals surface area contributed by atoms with E-state index in [1.807, 2.05) is 35.7 Å². The fourth-order valence-corrected chi connectivity index (χ4v) is 3.81. The van der Waals surface area contributed by atoms with E-state index in [-0.39, 0.29) is 5.56 Å². The van der Waals surface area contributed by atoms with Gasteiger partial charge in [0.1, 0.15) is 0 Å². The summed E-state index contributed by atoms with van der Waals surface area (Å²) in [6, 6.07) is 11.2. The minimum Gasteiger partial charge on any atom is -0.266 e. The molecular weight excluding hydrogens is 338 g/mol. The molecule has 4 nitrogen and oxygen atoms in total. The fourth-order valence-electron chi connectivity index (χ4n) is 2.06. The molecule has 4 aromatic rings. The molecule has 0 aliphatic rings. The standard InChI is InChI=1S/C15H8ClN3OS2/c16-10-5-3-9(4-6-10)13-17-15-19(18-13)14(20)12(22-15)8-11-2-1-7-21-11/h1-8H. The highest BCUT2D eigenvalue weighted by Gasteiger charge is 2.11. The van der Waals surface area contributed by atoms with Crippen LogP contribution in [-0.2, 0) is 0 Å². The number of thiazole rings is 1. The molecule has 1 aromatic carbocycles. The molecule has 0 spiro atoms. The lowest BCUT2D eigenvalue weighted by Crippen LogP contribution is -2.23. The molecule has 22 heavy (non-hydrogen) atoms. The van der Waals surface area contributed by atoms with E-state index in [2.05, 4.69) is 10.1 Å². The molecule has 3 aromatic heterocycles. The molecule has 0 unspecified atom stereocenters. The first-order valence-electron chi connectivity index (χ1n) is 6.41. The summed E-state index contributed by atoms with van der Waals surface area (Å²) in [6.07, 6.45) is 1.87. The second-order valence-electron chi connectivity index (χ2n) is 4.57. The first kappa shape index (κ1) is 13.6. The Bertz CT molecular complexity index is 1050. The number of halogens is 1. The molecule has 0 saturated heterocycles. The highest BCUT2D eigenvalue weighted by atomic mass is 35.5. The van der Waals surface area contributed by atoms with Gasteiger partial charge in [0.15, 0.2) is 5.82 Å². The van der Waals surface area contributed by atoms with E-state index in [4.69, 9.17) is 11.6 Å². The molecular formula is C15H8ClN3OS2. The number of nitrogens with zero attached hydrogens (tertiary/aromatic N) is 3. The Labute approximate surface area is 137 Å². The molecule has 0 aliphatic carbocycles. The molecule has 108 valence electrons. The van der Waals surface area contributed by atoms with Crippen molar-refractivity contribution < 1.29 is 0 Å². The van der Waals surface area contributed by atoms with Crippen LogP contribution in [-0.4, -0.2) is 14.6 Å². The van der Waals surface area contributed by atoms with Gasteiger partial charge in [-0.3, -0.25) is 4.79 Å². The maximum absolute atomic E-state index is 12.4. The van der Waals surface area contributed by atoms with Gasteiger partial charge in [0.2, 0.25) is 4.96 Å². The lowest BCUT2D eigenvalue weighted by atomic mass is 10.2. The number of aromatic nitrogens is 3. The second kappa shape index (κ2) is 5.31. The number of hydrogen-bond donors (Lipinski definition) is 0. The van der Waals surface area contributed by atoms with Crippen LogP contribution < -0.4 is 10.1 Å². The normalized spacial score (nSPS) is 12.3. The highest BCUT2D eigenvalue weighted by Crippen LogP contribution is 2.19. The second-order valence-corrected chi connectivity index (χ2v) is 6.99. The van der Waals surface area contributed by atoms with Crippen LogP contribution in [0.25, 0.3) is 22.4 Å². The Morgan fingerprint density at radius 1 is 1.18 bits per heavy atom. The molecule has 0 atom stereocenters. The zero-order valence-electron chi connectivity index (χ0n) is 11.1. The average Bonchev–Trinajstić information content (AvgIpc) is 3.21. The smallest absolute Gasteiger partial charge is 0.266 e. The number of benzene rings is 1. The molecule has 0 aliphatic heterocycles. The minimum absolute atomic E-state index is 0.138. The van der Waals surface area contributed by atoms with E-state index in [0.717, 1.165) is 10.4 Å². The van der Waals surface area contributed by atoms with Crippen molar-refractivity contribution in [1.29, 1.82) is 0 Å². The number of fused-ring (bicyclic) bond motifs is 1. The minimum atomic E-state index is -0.138. The Hall–Kier alpha value is -2.02. The summed E-state index contributed by atoms with van der Waals surface area (Å²) in [5, 5.41) is 6.94. The van der Waals surface area contributed by atoms with E-state index < -0.39 is 0 Å². The first-order chi connectivity index (χ1) is 10.7. The summed E-state index contributed by atoms with van der Waals surface area (Å²) in [5.74, 6) is 0.530. The number of thiophene rings is 1. The molecule has 0 fully saturated rings. The molecule has 0 N–H and O–H groups in total. The highest BCUT2D eigenvalue weighted by molar-refractivity contribution is 7.15.